The number of aromatic hydroxyl groups is 1. The van der Waals surface area contributed by atoms with Crippen LogP contribution in [0.3, 0.4) is 0 Å². The molecule has 0 amide bonds. The summed E-state index contributed by atoms with van der Waals surface area (Å²) in [4.78, 5) is 0. The van der Waals surface area contributed by atoms with E-state index in [-0.39, 0.29) is 24.0 Å². The zero-order chi connectivity index (χ0) is 19.0. The van der Waals surface area contributed by atoms with E-state index in [1.807, 2.05) is 0 Å². The molecule has 3 N–H and O–H groups in total. The van der Waals surface area contributed by atoms with Crippen molar-refractivity contribution in [2.45, 2.75) is 57.8 Å². The van der Waals surface area contributed by atoms with Crippen molar-refractivity contribution in [3.63, 3.8) is 0 Å². The number of nitrogens with zero attached hydrogens (tertiary/aromatic N) is 2. The van der Waals surface area contributed by atoms with Crippen LogP contribution < -0.4 is 5.32 Å². The number of fused-ring (bicyclic) bond motifs is 1. The third-order valence-corrected chi connectivity index (χ3v) is 5.43. The summed E-state index contributed by atoms with van der Waals surface area (Å²) in [6, 6.07) is 2.83. The van der Waals surface area contributed by atoms with Crippen molar-refractivity contribution in [3.05, 3.63) is 34.6 Å². The molecule has 27 heavy (non-hydrogen) atoms. The first-order valence-corrected chi connectivity index (χ1v) is 9.45. The Morgan fingerprint density at radius 2 is 2.00 bits per heavy atom. The van der Waals surface area contributed by atoms with Crippen molar-refractivity contribution in [2.75, 3.05) is 11.9 Å². The van der Waals surface area contributed by atoms with E-state index in [4.69, 9.17) is 4.74 Å². The lowest BCUT2D eigenvalue weighted by Gasteiger charge is -2.30. The van der Waals surface area contributed by atoms with Gasteiger partial charge in [-0.1, -0.05) is 12.8 Å². The van der Waals surface area contributed by atoms with E-state index >= 15 is 0 Å². The summed E-state index contributed by atoms with van der Waals surface area (Å²) in [5.41, 5.74) is 2.66. The van der Waals surface area contributed by atoms with Gasteiger partial charge in [0.25, 0.3) is 0 Å². The Balaban J connectivity index is 1.76. The number of aliphatic hydroxyl groups is 1. The van der Waals surface area contributed by atoms with E-state index in [2.05, 4.69) is 15.5 Å². The second-order valence-corrected chi connectivity index (χ2v) is 7.40. The maximum atomic E-state index is 14.6. The average Bonchev–Trinajstić information content (AvgIpc) is 2.64. The Labute approximate surface area is 157 Å². The van der Waals surface area contributed by atoms with Crippen molar-refractivity contribution in [2.24, 2.45) is 0 Å². The Morgan fingerprint density at radius 3 is 2.78 bits per heavy atom. The molecular weight excluding hydrogens is 349 g/mol. The number of nitrogens with one attached hydrogen (secondary N) is 1. The molecule has 7 heteroatoms. The smallest absolute Gasteiger partial charge is 0.152 e. The van der Waals surface area contributed by atoms with Gasteiger partial charge in [-0.2, -0.15) is 0 Å². The number of anilines is 1. The van der Waals surface area contributed by atoms with Gasteiger partial charge in [-0.05, 0) is 43.9 Å². The highest BCUT2D eigenvalue weighted by molar-refractivity contribution is 5.73. The van der Waals surface area contributed by atoms with Gasteiger partial charge < -0.3 is 20.3 Å². The molecule has 2 aliphatic rings. The van der Waals surface area contributed by atoms with E-state index in [9.17, 15) is 14.6 Å². The van der Waals surface area contributed by atoms with Gasteiger partial charge in [0.05, 0.1) is 30.9 Å². The summed E-state index contributed by atoms with van der Waals surface area (Å²) >= 11 is 0. The SMILES string of the molecule is Cc1cc(O)c(-c2nnc(N[C@@H]3CCCC[C@H]3O)c3c2COCC3)c(F)c1. The lowest BCUT2D eigenvalue weighted by molar-refractivity contribution is 0.109. The molecule has 1 fully saturated rings. The summed E-state index contributed by atoms with van der Waals surface area (Å²) in [6.45, 7) is 2.55. The number of rotatable bonds is 3. The zero-order valence-electron chi connectivity index (χ0n) is 15.3. The molecule has 6 nitrogen and oxygen atoms in total. The van der Waals surface area contributed by atoms with E-state index < -0.39 is 11.9 Å². The van der Waals surface area contributed by atoms with Crippen LogP contribution in [0.2, 0.25) is 0 Å². The molecule has 1 aromatic carbocycles. The van der Waals surface area contributed by atoms with Gasteiger partial charge in [0.1, 0.15) is 17.3 Å². The van der Waals surface area contributed by atoms with Crippen molar-refractivity contribution in [1.82, 2.24) is 10.2 Å². The minimum absolute atomic E-state index is 0.0547. The number of halogens is 1. The van der Waals surface area contributed by atoms with Crippen LogP contribution in [-0.2, 0) is 17.8 Å². The highest BCUT2D eigenvalue weighted by atomic mass is 19.1. The van der Waals surface area contributed by atoms with Gasteiger partial charge in [-0.15, -0.1) is 10.2 Å². The normalized spacial score (nSPS) is 22.3. The van der Waals surface area contributed by atoms with Crippen molar-refractivity contribution < 1.29 is 19.3 Å². The van der Waals surface area contributed by atoms with Crippen LogP contribution >= 0.6 is 0 Å². The molecule has 1 aliphatic carbocycles. The van der Waals surface area contributed by atoms with E-state index in [0.717, 1.165) is 36.8 Å². The molecular formula is C20H24FN3O3. The molecule has 0 unspecified atom stereocenters. The number of aromatic nitrogens is 2. The van der Waals surface area contributed by atoms with Crippen LogP contribution in [0.4, 0.5) is 10.2 Å². The molecule has 2 aromatic rings. The van der Waals surface area contributed by atoms with Crippen molar-refractivity contribution in [1.29, 1.82) is 0 Å². The van der Waals surface area contributed by atoms with Gasteiger partial charge in [0.15, 0.2) is 5.82 Å². The van der Waals surface area contributed by atoms with Crippen LogP contribution in [0.25, 0.3) is 11.3 Å². The Hall–Kier alpha value is -2.25. The molecule has 0 saturated heterocycles. The van der Waals surface area contributed by atoms with Crippen molar-refractivity contribution in [3.8, 4) is 17.0 Å². The second-order valence-electron chi connectivity index (χ2n) is 7.40. The quantitative estimate of drug-likeness (QED) is 0.766. The Kier molecular flexibility index (Phi) is 4.97. The number of phenolic OH excluding ortho intramolecular Hbond substituents is 1. The average molecular weight is 373 g/mol. The topological polar surface area (TPSA) is 87.5 Å². The van der Waals surface area contributed by atoms with Gasteiger partial charge >= 0.3 is 0 Å². The van der Waals surface area contributed by atoms with Crippen LogP contribution in [0.5, 0.6) is 5.75 Å². The predicted molar refractivity (Wildman–Crippen MR) is 99.1 cm³/mol. The van der Waals surface area contributed by atoms with Gasteiger partial charge in [-0.3, -0.25) is 0 Å². The standard InChI is InChI=1S/C20H24FN3O3/c1-11-8-14(21)18(17(26)9-11)19-13-10-27-7-6-12(13)20(24-23-19)22-15-4-2-3-5-16(15)25/h8-9,15-16,25-26H,2-7,10H2,1H3,(H,22,24)/t15-,16-/m1/s1. The summed E-state index contributed by atoms with van der Waals surface area (Å²) in [7, 11) is 0. The number of aliphatic hydroxyl groups excluding tert-OH is 1. The third-order valence-electron chi connectivity index (χ3n) is 5.43. The molecule has 2 atom stereocenters. The van der Waals surface area contributed by atoms with Crippen molar-refractivity contribution >= 4 is 5.82 Å². The zero-order valence-corrected chi connectivity index (χ0v) is 15.3. The maximum absolute atomic E-state index is 14.6. The molecule has 1 aliphatic heterocycles. The molecule has 0 bridgehead atoms. The number of aryl methyl sites for hydroxylation is 1. The summed E-state index contributed by atoms with van der Waals surface area (Å²) in [6.07, 6.45) is 3.96. The first-order valence-electron chi connectivity index (χ1n) is 9.45. The number of hydrogen-bond donors (Lipinski definition) is 3. The fourth-order valence-electron chi connectivity index (χ4n) is 4.01. The fourth-order valence-corrected chi connectivity index (χ4v) is 4.01. The first kappa shape index (κ1) is 18.1. The van der Waals surface area contributed by atoms with Gasteiger partial charge in [-0.25, -0.2) is 4.39 Å². The molecule has 144 valence electrons. The lowest BCUT2D eigenvalue weighted by atomic mass is 9.92. The van der Waals surface area contributed by atoms with Crippen LogP contribution in [0.1, 0.15) is 42.4 Å². The number of phenols is 1. The van der Waals surface area contributed by atoms with E-state index in [1.165, 1.54) is 12.1 Å². The Morgan fingerprint density at radius 1 is 1.19 bits per heavy atom. The predicted octanol–water partition coefficient (Wildman–Crippen LogP) is 3.08. The molecule has 1 aromatic heterocycles. The number of hydrogen-bond acceptors (Lipinski definition) is 6. The molecule has 2 heterocycles. The van der Waals surface area contributed by atoms with Crippen LogP contribution in [-0.4, -0.2) is 39.2 Å². The highest BCUT2D eigenvalue weighted by Crippen LogP contribution is 2.38. The number of ether oxygens (including phenoxy) is 1. The minimum atomic E-state index is -0.530. The summed E-state index contributed by atoms with van der Waals surface area (Å²) < 4.78 is 20.2. The molecule has 0 spiro atoms. The molecule has 4 rings (SSSR count). The van der Waals surface area contributed by atoms with Crippen LogP contribution in [0.15, 0.2) is 12.1 Å². The van der Waals surface area contributed by atoms with Gasteiger partial charge in [0, 0.05) is 11.1 Å². The second kappa shape index (κ2) is 7.40. The van der Waals surface area contributed by atoms with E-state index in [0.29, 0.717) is 30.1 Å². The lowest BCUT2D eigenvalue weighted by Crippen LogP contribution is -2.37. The maximum Gasteiger partial charge on any atom is 0.152 e. The fraction of sp³-hybridized carbons (Fsp3) is 0.500. The Bertz CT molecular complexity index is 836. The van der Waals surface area contributed by atoms with Crippen LogP contribution in [0, 0.1) is 12.7 Å². The number of benzene rings is 1. The monoisotopic (exact) mass is 373 g/mol. The largest absolute Gasteiger partial charge is 0.507 e. The third kappa shape index (κ3) is 3.49. The first-order chi connectivity index (χ1) is 13.0. The molecule has 0 radical (unpaired) electrons. The summed E-state index contributed by atoms with van der Waals surface area (Å²) in [5.74, 6) is -0.0639. The molecule has 1 saturated carbocycles. The minimum Gasteiger partial charge on any atom is -0.507 e. The highest BCUT2D eigenvalue weighted by Gasteiger charge is 2.28. The summed E-state index contributed by atoms with van der Waals surface area (Å²) in [5, 5.41) is 32.4. The van der Waals surface area contributed by atoms with E-state index in [1.54, 1.807) is 6.92 Å². The van der Waals surface area contributed by atoms with Gasteiger partial charge in [0.2, 0.25) is 0 Å².